The number of anilines is 1. The van der Waals surface area contributed by atoms with Crippen LogP contribution in [0.25, 0.3) is 0 Å². The summed E-state index contributed by atoms with van der Waals surface area (Å²) in [6.45, 7) is 3.18. The number of pyridine rings is 1. The molecule has 0 spiro atoms. The maximum Gasteiger partial charge on any atom is 0.326 e. The number of halogens is 1. The summed E-state index contributed by atoms with van der Waals surface area (Å²) in [6.07, 6.45) is 2.96. The lowest BCUT2D eigenvalue weighted by Gasteiger charge is -2.31. The summed E-state index contributed by atoms with van der Waals surface area (Å²) in [4.78, 5) is 59.5. The van der Waals surface area contributed by atoms with Crippen molar-refractivity contribution in [1.82, 2.24) is 15.2 Å². The van der Waals surface area contributed by atoms with Gasteiger partial charge < -0.3 is 15.3 Å². The Kier molecular flexibility index (Phi) is 9.06. The number of nitrogens with one attached hydrogen (secondary N) is 1. The number of carboxylic acid groups (broad SMARTS) is 1. The largest absolute Gasteiger partial charge is 0.480 e. The van der Waals surface area contributed by atoms with Gasteiger partial charge in [-0.2, -0.15) is 0 Å². The number of hydrogen-bond acceptors (Lipinski definition) is 5. The van der Waals surface area contributed by atoms with Crippen LogP contribution in [0.3, 0.4) is 0 Å². The maximum atomic E-state index is 14.0. The third kappa shape index (κ3) is 6.33. The molecule has 0 radical (unpaired) electrons. The van der Waals surface area contributed by atoms with E-state index in [1.54, 1.807) is 77.6 Å². The third-order valence-electron chi connectivity index (χ3n) is 7.69. The van der Waals surface area contributed by atoms with Gasteiger partial charge in [0.25, 0.3) is 11.8 Å². The fraction of sp³-hybridized carbons (Fsp3) is 0.206. The number of nitrogens with zero attached hydrogens (tertiary/aromatic N) is 3. The number of rotatable bonds is 9. The lowest BCUT2D eigenvalue weighted by molar-refractivity contribution is -0.139. The molecule has 1 fully saturated rings. The van der Waals surface area contributed by atoms with Gasteiger partial charge in [0.2, 0.25) is 5.91 Å². The van der Waals surface area contributed by atoms with Crippen LogP contribution in [0.1, 0.15) is 45.7 Å². The Morgan fingerprint density at radius 1 is 0.955 bits per heavy atom. The van der Waals surface area contributed by atoms with Crippen LogP contribution in [0.2, 0.25) is 5.02 Å². The van der Waals surface area contributed by atoms with E-state index in [4.69, 9.17) is 11.6 Å². The first-order valence-corrected chi connectivity index (χ1v) is 14.5. The minimum atomic E-state index is -1.22. The Labute approximate surface area is 260 Å². The van der Waals surface area contributed by atoms with Gasteiger partial charge in [0.15, 0.2) is 0 Å². The topological polar surface area (TPSA) is 120 Å². The lowest BCUT2D eigenvalue weighted by atomic mass is 10.0. The zero-order chi connectivity index (χ0) is 31.4. The molecule has 5 rings (SSSR count). The van der Waals surface area contributed by atoms with Crippen LogP contribution in [-0.2, 0) is 27.2 Å². The number of aromatic nitrogens is 1. The van der Waals surface area contributed by atoms with E-state index >= 15 is 0 Å². The highest BCUT2D eigenvalue weighted by atomic mass is 35.5. The van der Waals surface area contributed by atoms with Crippen molar-refractivity contribution in [3.8, 4) is 0 Å². The molecule has 224 valence electrons. The van der Waals surface area contributed by atoms with E-state index in [1.165, 1.54) is 6.92 Å². The van der Waals surface area contributed by atoms with Gasteiger partial charge >= 0.3 is 5.97 Å². The fourth-order valence-corrected chi connectivity index (χ4v) is 5.90. The van der Waals surface area contributed by atoms with Crippen LogP contribution in [0.4, 0.5) is 5.69 Å². The number of carboxylic acids is 1. The molecule has 0 saturated carbocycles. The van der Waals surface area contributed by atoms with Crippen molar-refractivity contribution in [2.75, 3.05) is 4.90 Å². The lowest BCUT2D eigenvalue weighted by Crippen LogP contribution is -2.42. The summed E-state index contributed by atoms with van der Waals surface area (Å²) in [5.74, 6) is -2.25. The fourth-order valence-electron chi connectivity index (χ4n) is 5.60. The minimum Gasteiger partial charge on any atom is -0.480 e. The second-order valence-electron chi connectivity index (χ2n) is 10.7. The predicted molar refractivity (Wildman–Crippen MR) is 166 cm³/mol. The van der Waals surface area contributed by atoms with Crippen LogP contribution in [0.5, 0.6) is 0 Å². The van der Waals surface area contributed by atoms with Crippen molar-refractivity contribution in [1.29, 1.82) is 0 Å². The molecule has 0 aliphatic carbocycles. The number of carbonyl (C=O) groups is 4. The summed E-state index contributed by atoms with van der Waals surface area (Å²) >= 11 is 6.21. The Balaban J connectivity index is 1.43. The van der Waals surface area contributed by atoms with Gasteiger partial charge in [-0.05, 0) is 53.4 Å². The smallest absolute Gasteiger partial charge is 0.326 e. The van der Waals surface area contributed by atoms with Gasteiger partial charge in [0.05, 0.1) is 10.6 Å². The second-order valence-corrected chi connectivity index (χ2v) is 11.1. The molecule has 1 aliphatic heterocycles. The predicted octanol–water partition coefficient (Wildman–Crippen LogP) is 4.97. The van der Waals surface area contributed by atoms with E-state index in [9.17, 15) is 24.3 Å². The highest BCUT2D eigenvalue weighted by Gasteiger charge is 2.48. The number of hydrogen-bond donors (Lipinski definition) is 2. The molecule has 1 aromatic heterocycles. The van der Waals surface area contributed by atoms with Crippen molar-refractivity contribution in [2.24, 2.45) is 0 Å². The van der Waals surface area contributed by atoms with Gasteiger partial charge in [-0.3, -0.25) is 24.3 Å². The summed E-state index contributed by atoms with van der Waals surface area (Å²) in [5.41, 5.74) is 3.65. The van der Waals surface area contributed by atoms with Crippen LogP contribution < -0.4 is 10.2 Å². The van der Waals surface area contributed by atoms with Crippen LogP contribution in [-0.4, -0.2) is 50.8 Å². The average Bonchev–Trinajstić information content (AvgIpc) is 3.29. The SMILES string of the molecule is CC(=O)N1[C@H](Cc2cccnc2)C(=O)N(c2ccc(C[C@H](NC(=O)c3c(C)cccc3Cl)C(=O)O)cc2)[C@H]1c1ccccc1. The van der Waals surface area contributed by atoms with Gasteiger partial charge in [-0.25, -0.2) is 4.79 Å². The standard InChI is InChI=1S/C34H31ClN4O5/c1-21-8-6-12-27(35)30(21)31(41)37-28(34(43)44)18-23-13-15-26(16-14-23)39-32(25-10-4-3-5-11-25)38(22(2)40)29(33(39)42)19-24-9-7-17-36-20-24/h3-17,20,28-29,32H,18-19H2,1-2H3,(H,37,41)(H,43,44)/t28-,29+,32-/m0/s1. The molecule has 9 nitrogen and oxygen atoms in total. The molecule has 1 saturated heterocycles. The first-order chi connectivity index (χ1) is 21.2. The van der Waals surface area contributed by atoms with Crippen molar-refractivity contribution >= 4 is 41.0 Å². The average molecular weight is 611 g/mol. The molecule has 10 heteroatoms. The van der Waals surface area contributed by atoms with E-state index < -0.39 is 30.1 Å². The molecule has 0 bridgehead atoms. The third-order valence-corrected chi connectivity index (χ3v) is 8.00. The molecule has 3 aromatic carbocycles. The summed E-state index contributed by atoms with van der Waals surface area (Å²) in [5, 5.41) is 12.7. The highest BCUT2D eigenvalue weighted by molar-refractivity contribution is 6.34. The molecule has 0 unspecified atom stereocenters. The van der Waals surface area contributed by atoms with Gasteiger partial charge in [-0.1, -0.05) is 72.3 Å². The van der Waals surface area contributed by atoms with Crippen molar-refractivity contribution < 1.29 is 24.3 Å². The molecule has 1 aliphatic rings. The van der Waals surface area contributed by atoms with E-state index in [2.05, 4.69) is 10.3 Å². The van der Waals surface area contributed by atoms with Crippen molar-refractivity contribution in [3.63, 3.8) is 0 Å². The molecular weight excluding hydrogens is 580 g/mol. The van der Waals surface area contributed by atoms with E-state index in [-0.39, 0.29) is 28.8 Å². The van der Waals surface area contributed by atoms with Crippen LogP contribution in [0.15, 0.2) is 97.3 Å². The number of benzene rings is 3. The van der Waals surface area contributed by atoms with Crippen LogP contribution in [0, 0.1) is 6.92 Å². The van der Waals surface area contributed by atoms with Crippen molar-refractivity contribution in [3.05, 3.63) is 130 Å². The minimum absolute atomic E-state index is 0.00408. The number of aryl methyl sites for hydroxylation is 1. The summed E-state index contributed by atoms with van der Waals surface area (Å²) in [6, 6.07) is 23.0. The molecule has 2 N–H and O–H groups in total. The van der Waals surface area contributed by atoms with E-state index in [0.29, 0.717) is 23.2 Å². The molecular formula is C34H31ClN4O5. The maximum absolute atomic E-state index is 14.0. The quantitative estimate of drug-likeness (QED) is 0.276. The Morgan fingerprint density at radius 3 is 2.30 bits per heavy atom. The van der Waals surface area contributed by atoms with Gasteiger partial charge in [0, 0.05) is 37.8 Å². The molecule has 3 atom stereocenters. The number of carbonyl (C=O) groups excluding carboxylic acids is 3. The number of aliphatic carboxylic acids is 1. The monoisotopic (exact) mass is 610 g/mol. The molecule has 3 amide bonds. The van der Waals surface area contributed by atoms with E-state index in [0.717, 1.165) is 11.1 Å². The molecule has 44 heavy (non-hydrogen) atoms. The summed E-state index contributed by atoms with van der Waals surface area (Å²) < 4.78 is 0. The van der Waals surface area contributed by atoms with Gasteiger partial charge in [0.1, 0.15) is 18.2 Å². The second kappa shape index (κ2) is 13.1. The molecule has 2 heterocycles. The van der Waals surface area contributed by atoms with Crippen molar-refractivity contribution in [2.45, 2.75) is 44.9 Å². The first kappa shape index (κ1) is 30.4. The normalized spacial score (nSPS) is 16.9. The van der Waals surface area contributed by atoms with Crippen LogP contribution >= 0.6 is 11.6 Å². The number of amides is 3. The highest BCUT2D eigenvalue weighted by Crippen LogP contribution is 2.39. The molecule has 4 aromatic rings. The Morgan fingerprint density at radius 2 is 1.68 bits per heavy atom. The Hall–Kier alpha value is -5.02. The van der Waals surface area contributed by atoms with E-state index in [1.807, 2.05) is 36.4 Å². The zero-order valence-electron chi connectivity index (χ0n) is 24.2. The first-order valence-electron chi connectivity index (χ1n) is 14.1. The summed E-state index contributed by atoms with van der Waals surface area (Å²) in [7, 11) is 0. The zero-order valence-corrected chi connectivity index (χ0v) is 24.9. The van der Waals surface area contributed by atoms with Gasteiger partial charge in [-0.15, -0.1) is 0 Å². The Bertz CT molecular complexity index is 1660.